The van der Waals surface area contributed by atoms with E-state index in [2.05, 4.69) is 9.97 Å². The van der Waals surface area contributed by atoms with E-state index in [0.29, 0.717) is 17.8 Å². The zero-order valence-corrected chi connectivity index (χ0v) is 8.19. The number of nitrogen functional groups attached to an aromatic ring is 1. The molecule has 0 aromatic carbocycles. The molecule has 1 atom stereocenters. The van der Waals surface area contributed by atoms with Gasteiger partial charge < -0.3 is 10.5 Å². The van der Waals surface area contributed by atoms with Crippen LogP contribution in [0.3, 0.4) is 0 Å². The first-order valence-electron chi connectivity index (χ1n) is 4.21. The molecule has 0 radical (unpaired) electrons. The lowest BCUT2D eigenvalue weighted by Gasteiger charge is -2.07. The molecule has 0 saturated heterocycles. The van der Waals surface area contributed by atoms with E-state index in [4.69, 9.17) is 15.7 Å². The van der Waals surface area contributed by atoms with Gasteiger partial charge in [-0.25, -0.2) is 9.97 Å². The lowest BCUT2D eigenvalue weighted by molar-refractivity contribution is 0.117. The predicted octanol–water partition coefficient (Wildman–Crippen LogP) is 0.508. The minimum atomic E-state index is 0.0438. The highest BCUT2D eigenvalue weighted by molar-refractivity contribution is 5.46. The molecule has 5 heteroatoms. The number of ether oxygens (including phenoxy) is 1. The van der Waals surface area contributed by atoms with Crippen LogP contribution in [0.15, 0.2) is 6.20 Å². The molecule has 2 N–H and O–H groups in total. The quantitative estimate of drug-likeness (QED) is 0.754. The van der Waals surface area contributed by atoms with E-state index in [9.17, 15) is 0 Å². The summed E-state index contributed by atoms with van der Waals surface area (Å²) in [6.45, 7) is 1.91. The first-order valence-corrected chi connectivity index (χ1v) is 4.21. The van der Waals surface area contributed by atoms with Crippen molar-refractivity contribution in [3.63, 3.8) is 0 Å². The molecule has 0 bridgehead atoms. The third-order valence-corrected chi connectivity index (χ3v) is 1.86. The maximum Gasteiger partial charge on any atom is 0.145 e. The van der Waals surface area contributed by atoms with Crippen LogP contribution in [0.5, 0.6) is 0 Å². The topological polar surface area (TPSA) is 84.8 Å². The summed E-state index contributed by atoms with van der Waals surface area (Å²) in [5.74, 6) is 0.816. The molecule has 74 valence electrons. The zero-order chi connectivity index (χ0) is 10.6. The molecule has 0 saturated carbocycles. The minimum absolute atomic E-state index is 0.0438. The first-order chi connectivity index (χ1) is 6.67. The van der Waals surface area contributed by atoms with Gasteiger partial charge in [0.05, 0.1) is 12.3 Å². The molecule has 1 unspecified atom stereocenters. The van der Waals surface area contributed by atoms with E-state index in [0.717, 1.165) is 0 Å². The molecule has 0 aliphatic carbocycles. The van der Waals surface area contributed by atoms with Gasteiger partial charge in [0.1, 0.15) is 23.3 Å². The molecular formula is C9H12N4O. The Hall–Kier alpha value is -1.67. The van der Waals surface area contributed by atoms with E-state index < -0.39 is 0 Å². The van der Waals surface area contributed by atoms with Crippen molar-refractivity contribution < 1.29 is 4.74 Å². The Morgan fingerprint density at radius 1 is 1.71 bits per heavy atom. The third kappa shape index (κ3) is 2.41. The Morgan fingerprint density at radius 2 is 2.43 bits per heavy atom. The number of nitriles is 1. The van der Waals surface area contributed by atoms with Crippen LogP contribution >= 0.6 is 0 Å². The van der Waals surface area contributed by atoms with Crippen LogP contribution in [0.1, 0.15) is 18.3 Å². The summed E-state index contributed by atoms with van der Waals surface area (Å²) < 4.78 is 5.06. The summed E-state index contributed by atoms with van der Waals surface area (Å²) in [5, 5.41) is 8.60. The molecule has 0 aliphatic heterocycles. The van der Waals surface area contributed by atoms with Gasteiger partial charge >= 0.3 is 0 Å². The number of aromatic nitrogens is 2. The standard InChI is InChI=1S/C9H12N4O/c1-6(14-2)3-8-12-5-7(4-10)9(11)13-8/h5-6H,3H2,1-2H3,(H2,11,12,13). The van der Waals surface area contributed by atoms with Crippen molar-refractivity contribution in [2.24, 2.45) is 0 Å². The van der Waals surface area contributed by atoms with Crippen LogP contribution in [0.25, 0.3) is 0 Å². The number of hydrogen-bond donors (Lipinski definition) is 1. The van der Waals surface area contributed by atoms with Crippen molar-refractivity contribution in [1.82, 2.24) is 9.97 Å². The second-order valence-electron chi connectivity index (χ2n) is 2.95. The van der Waals surface area contributed by atoms with Gasteiger partial charge in [0.2, 0.25) is 0 Å². The van der Waals surface area contributed by atoms with Gasteiger partial charge in [0, 0.05) is 13.5 Å². The molecule has 0 fully saturated rings. The number of hydrogen-bond acceptors (Lipinski definition) is 5. The Kier molecular flexibility index (Phi) is 3.37. The smallest absolute Gasteiger partial charge is 0.145 e. The molecule has 14 heavy (non-hydrogen) atoms. The van der Waals surface area contributed by atoms with Crippen LogP contribution in [0.2, 0.25) is 0 Å². The number of methoxy groups -OCH3 is 1. The van der Waals surface area contributed by atoms with Crippen LogP contribution < -0.4 is 5.73 Å². The maximum absolute atomic E-state index is 8.60. The summed E-state index contributed by atoms with van der Waals surface area (Å²) in [6, 6.07) is 1.91. The molecular weight excluding hydrogens is 180 g/mol. The highest BCUT2D eigenvalue weighted by Gasteiger charge is 2.07. The van der Waals surface area contributed by atoms with Gasteiger partial charge in [-0.1, -0.05) is 0 Å². The monoisotopic (exact) mass is 192 g/mol. The molecule has 1 aromatic rings. The summed E-state index contributed by atoms with van der Waals surface area (Å²) in [7, 11) is 1.62. The largest absolute Gasteiger partial charge is 0.382 e. The van der Waals surface area contributed by atoms with E-state index in [1.165, 1.54) is 6.20 Å². The van der Waals surface area contributed by atoms with Crippen LogP contribution in [-0.4, -0.2) is 23.2 Å². The van der Waals surface area contributed by atoms with Gasteiger partial charge in [-0.15, -0.1) is 0 Å². The van der Waals surface area contributed by atoms with Crippen molar-refractivity contribution in [2.75, 3.05) is 12.8 Å². The molecule has 0 spiro atoms. The van der Waals surface area contributed by atoms with Gasteiger partial charge in [0.15, 0.2) is 0 Å². The lowest BCUT2D eigenvalue weighted by Crippen LogP contribution is -2.12. The van der Waals surface area contributed by atoms with Gasteiger partial charge in [0.25, 0.3) is 0 Å². The van der Waals surface area contributed by atoms with Crippen LogP contribution in [0.4, 0.5) is 5.82 Å². The Balaban J connectivity index is 2.82. The molecule has 1 heterocycles. The Morgan fingerprint density at radius 3 is 2.93 bits per heavy atom. The minimum Gasteiger partial charge on any atom is -0.382 e. The fourth-order valence-corrected chi connectivity index (χ4v) is 0.958. The van der Waals surface area contributed by atoms with E-state index in [1.807, 2.05) is 13.0 Å². The Bertz CT molecular complexity index is 358. The molecule has 1 aromatic heterocycles. The molecule has 0 aliphatic rings. The summed E-state index contributed by atoms with van der Waals surface area (Å²) >= 11 is 0. The van der Waals surface area contributed by atoms with Crippen molar-refractivity contribution in [1.29, 1.82) is 5.26 Å². The van der Waals surface area contributed by atoms with E-state index in [-0.39, 0.29) is 11.9 Å². The van der Waals surface area contributed by atoms with Crippen molar-refractivity contribution in [3.8, 4) is 6.07 Å². The highest BCUT2D eigenvalue weighted by atomic mass is 16.5. The highest BCUT2D eigenvalue weighted by Crippen LogP contribution is 2.07. The summed E-state index contributed by atoms with van der Waals surface area (Å²) in [5.41, 5.74) is 5.84. The van der Waals surface area contributed by atoms with Crippen LogP contribution in [0, 0.1) is 11.3 Å². The Labute approximate surface area is 82.5 Å². The number of nitrogens with zero attached hydrogens (tertiary/aromatic N) is 3. The predicted molar refractivity (Wildman–Crippen MR) is 51.3 cm³/mol. The SMILES string of the molecule is COC(C)Cc1ncc(C#N)c(N)n1. The fourth-order valence-electron chi connectivity index (χ4n) is 0.958. The number of anilines is 1. The summed E-state index contributed by atoms with van der Waals surface area (Å²) in [4.78, 5) is 8.00. The van der Waals surface area contributed by atoms with E-state index in [1.54, 1.807) is 7.11 Å². The molecule has 5 nitrogen and oxygen atoms in total. The van der Waals surface area contributed by atoms with Gasteiger partial charge in [-0.3, -0.25) is 0 Å². The number of rotatable bonds is 3. The molecule has 0 amide bonds. The van der Waals surface area contributed by atoms with Gasteiger partial charge in [-0.2, -0.15) is 5.26 Å². The van der Waals surface area contributed by atoms with Crippen molar-refractivity contribution >= 4 is 5.82 Å². The van der Waals surface area contributed by atoms with Crippen molar-refractivity contribution in [3.05, 3.63) is 17.6 Å². The molecule has 1 rings (SSSR count). The first kappa shape index (κ1) is 10.4. The van der Waals surface area contributed by atoms with E-state index >= 15 is 0 Å². The average Bonchev–Trinajstić information content (AvgIpc) is 2.18. The average molecular weight is 192 g/mol. The summed E-state index contributed by atoms with van der Waals surface area (Å²) in [6.07, 6.45) is 2.06. The lowest BCUT2D eigenvalue weighted by atomic mass is 10.2. The normalized spacial score (nSPS) is 12.1. The maximum atomic E-state index is 8.60. The number of nitrogens with two attached hydrogens (primary N) is 1. The third-order valence-electron chi connectivity index (χ3n) is 1.86. The fraction of sp³-hybridized carbons (Fsp3) is 0.444. The second-order valence-corrected chi connectivity index (χ2v) is 2.95. The van der Waals surface area contributed by atoms with Crippen LogP contribution in [-0.2, 0) is 11.2 Å². The van der Waals surface area contributed by atoms with Gasteiger partial charge in [-0.05, 0) is 6.92 Å². The second kappa shape index (κ2) is 4.53. The van der Waals surface area contributed by atoms with Crippen molar-refractivity contribution in [2.45, 2.75) is 19.4 Å². The zero-order valence-electron chi connectivity index (χ0n) is 8.19.